The van der Waals surface area contributed by atoms with E-state index in [1.807, 2.05) is 13.8 Å². The average Bonchev–Trinajstić information content (AvgIpc) is 2.07. The van der Waals surface area contributed by atoms with Gasteiger partial charge in [0.25, 0.3) is 0 Å². The van der Waals surface area contributed by atoms with Gasteiger partial charge in [-0.25, -0.2) is 0 Å². The summed E-state index contributed by atoms with van der Waals surface area (Å²) in [5.74, 6) is 0.744. The smallest absolute Gasteiger partial charge is 0.135 e. The third-order valence-corrected chi connectivity index (χ3v) is 3.23. The van der Waals surface area contributed by atoms with Gasteiger partial charge in [0.1, 0.15) is 5.75 Å². The predicted octanol–water partition coefficient (Wildman–Crippen LogP) is 3.13. The van der Waals surface area contributed by atoms with Gasteiger partial charge in [0.15, 0.2) is 0 Å². The highest BCUT2D eigenvalue weighted by Crippen LogP contribution is 2.31. The number of hydrogen-bond donors (Lipinski definition) is 1. The van der Waals surface area contributed by atoms with Gasteiger partial charge in [0, 0.05) is 11.3 Å². The zero-order valence-electron chi connectivity index (χ0n) is 8.35. The van der Waals surface area contributed by atoms with Crippen molar-refractivity contribution in [1.82, 2.24) is 4.98 Å². The first-order chi connectivity index (χ1) is 5.95. The molecule has 0 unspecified atom stereocenters. The number of pyridine rings is 1. The molecule has 2 nitrogen and oxygen atoms in total. The van der Waals surface area contributed by atoms with Crippen LogP contribution in [0.25, 0.3) is 0 Å². The van der Waals surface area contributed by atoms with Crippen molar-refractivity contribution in [1.29, 1.82) is 0 Å². The maximum Gasteiger partial charge on any atom is 0.135 e. The molecule has 0 aromatic carbocycles. The van der Waals surface area contributed by atoms with Crippen molar-refractivity contribution in [2.45, 2.75) is 33.6 Å². The lowest BCUT2D eigenvalue weighted by molar-refractivity contribution is 0.463. The molecule has 0 amide bonds. The number of aromatic hydroxyl groups is 1. The van der Waals surface area contributed by atoms with E-state index in [4.69, 9.17) is 0 Å². The molecule has 1 aromatic heterocycles. The fraction of sp³-hybridized carbons (Fsp3) is 0.500. The summed E-state index contributed by atoms with van der Waals surface area (Å²) in [5.41, 5.74) is 2.79. The van der Waals surface area contributed by atoms with E-state index in [1.165, 1.54) is 0 Å². The maximum absolute atomic E-state index is 9.77. The van der Waals surface area contributed by atoms with Gasteiger partial charge in [-0.2, -0.15) is 0 Å². The molecule has 0 aliphatic heterocycles. The van der Waals surface area contributed by atoms with Crippen LogP contribution < -0.4 is 0 Å². The van der Waals surface area contributed by atoms with Gasteiger partial charge < -0.3 is 5.11 Å². The molecular weight excluding hydrogens is 277 g/mol. The van der Waals surface area contributed by atoms with Crippen molar-refractivity contribution in [3.63, 3.8) is 0 Å². The molecule has 0 atom stereocenters. The highest BCUT2D eigenvalue weighted by Gasteiger charge is 2.14. The molecule has 0 bridgehead atoms. The summed E-state index contributed by atoms with van der Waals surface area (Å²) in [6.07, 6.45) is 0. The first-order valence-corrected chi connectivity index (χ1v) is 5.38. The van der Waals surface area contributed by atoms with E-state index in [1.54, 1.807) is 0 Å². The molecule has 0 aliphatic carbocycles. The molecule has 1 N–H and O–H groups in total. The summed E-state index contributed by atoms with van der Waals surface area (Å²) in [7, 11) is 0. The maximum atomic E-state index is 9.77. The number of rotatable bonds is 1. The van der Waals surface area contributed by atoms with Gasteiger partial charge in [-0.3, -0.25) is 4.98 Å². The zero-order chi connectivity index (χ0) is 10.2. The van der Waals surface area contributed by atoms with Crippen LogP contribution in [0.2, 0.25) is 0 Å². The largest absolute Gasteiger partial charge is 0.506 e. The lowest BCUT2D eigenvalue weighted by Crippen LogP contribution is -2.01. The molecule has 0 spiro atoms. The molecule has 72 valence electrons. The molecular formula is C10H14INO. The number of aryl methyl sites for hydroxylation is 1. The number of halogens is 1. The molecule has 1 heterocycles. The van der Waals surface area contributed by atoms with Gasteiger partial charge in [-0.1, -0.05) is 13.8 Å². The van der Waals surface area contributed by atoms with Gasteiger partial charge >= 0.3 is 0 Å². The van der Waals surface area contributed by atoms with E-state index in [2.05, 4.69) is 41.4 Å². The fourth-order valence-corrected chi connectivity index (χ4v) is 2.30. The second kappa shape index (κ2) is 3.82. The van der Waals surface area contributed by atoms with Gasteiger partial charge in [-0.15, -0.1) is 0 Å². The Labute approximate surface area is 92.5 Å². The minimum Gasteiger partial charge on any atom is -0.506 e. The van der Waals surface area contributed by atoms with E-state index in [9.17, 15) is 5.11 Å². The molecule has 0 fully saturated rings. The van der Waals surface area contributed by atoms with Gasteiger partial charge in [0.05, 0.1) is 9.26 Å². The van der Waals surface area contributed by atoms with Crippen LogP contribution in [0.5, 0.6) is 5.75 Å². The van der Waals surface area contributed by atoms with Crippen LogP contribution in [0.3, 0.4) is 0 Å². The minimum absolute atomic E-state index is 0.358. The number of hydrogen-bond acceptors (Lipinski definition) is 2. The number of nitrogens with zero attached hydrogens (tertiary/aromatic N) is 1. The van der Waals surface area contributed by atoms with Crippen molar-refractivity contribution in [2.24, 2.45) is 0 Å². The average molecular weight is 291 g/mol. The third kappa shape index (κ3) is 1.95. The second-order valence-electron chi connectivity index (χ2n) is 3.52. The second-order valence-corrected chi connectivity index (χ2v) is 4.60. The Morgan fingerprint density at radius 1 is 1.31 bits per heavy atom. The lowest BCUT2D eigenvalue weighted by Gasteiger charge is -2.12. The third-order valence-electron chi connectivity index (χ3n) is 2.17. The standard InChI is InChI=1S/C10H14INO/c1-5(2)9-8(11)10(13)6(3)7(4)12-9/h5H,1-4H3,(H,12,13). The highest BCUT2D eigenvalue weighted by molar-refractivity contribution is 14.1. The van der Waals surface area contributed by atoms with Crippen molar-refractivity contribution >= 4 is 22.6 Å². The van der Waals surface area contributed by atoms with E-state index >= 15 is 0 Å². The Balaban J connectivity index is 3.41. The minimum atomic E-state index is 0.358. The molecule has 0 aliphatic rings. The first-order valence-electron chi connectivity index (χ1n) is 4.30. The molecule has 1 rings (SSSR count). The van der Waals surface area contributed by atoms with Crippen LogP contribution in [-0.2, 0) is 0 Å². The van der Waals surface area contributed by atoms with Crippen LogP contribution in [0.15, 0.2) is 0 Å². The number of aromatic nitrogens is 1. The van der Waals surface area contributed by atoms with Crippen LogP contribution >= 0.6 is 22.6 Å². The molecule has 13 heavy (non-hydrogen) atoms. The first kappa shape index (κ1) is 10.8. The normalized spacial score (nSPS) is 10.9. The molecule has 1 aromatic rings. The van der Waals surface area contributed by atoms with Crippen molar-refractivity contribution in [3.8, 4) is 5.75 Å². The summed E-state index contributed by atoms with van der Waals surface area (Å²) in [6.45, 7) is 7.98. The van der Waals surface area contributed by atoms with Crippen LogP contribution in [0, 0.1) is 17.4 Å². The van der Waals surface area contributed by atoms with E-state index in [0.29, 0.717) is 11.7 Å². The van der Waals surface area contributed by atoms with Crippen LogP contribution in [-0.4, -0.2) is 10.1 Å². The Hall–Kier alpha value is -0.320. The molecule has 0 radical (unpaired) electrons. The highest BCUT2D eigenvalue weighted by atomic mass is 127. The van der Waals surface area contributed by atoms with E-state index < -0.39 is 0 Å². The monoisotopic (exact) mass is 291 g/mol. The lowest BCUT2D eigenvalue weighted by atomic mass is 10.1. The predicted molar refractivity (Wildman–Crippen MR) is 62.2 cm³/mol. The zero-order valence-corrected chi connectivity index (χ0v) is 10.5. The van der Waals surface area contributed by atoms with Crippen molar-refractivity contribution in [3.05, 3.63) is 20.5 Å². The summed E-state index contributed by atoms with van der Waals surface area (Å²) in [5, 5.41) is 9.77. The Bertz CT molecular complexity index is 334. The molecule has 0 saturated heterocycles. The Kier molecular flexibility index (Phi) is 3.16. The molecule has 0 saturated carbocycles. The summed E-state index contributed by atoms with van der Waals surface area (Å²) >= 11 is 2.15. The van der Waals surface area contributed by atoms with E-state index in [0.717, 1.165) is 20.5 Å². The summed E-state index contributed by atoms with van der Waals surface area (Å²) in [4.78, 5) is 4.47. The van der Waals surface area contributed by atoms with E-state index in [-0.39, 0.29) is 0 Å². The summed E-state index contributed by atoms with van der Waals surface area (Å²) in [6, 6.07) is 0. The summed E-state index contributed by atoms with van der Waals surface area (Å²) < 4.78 is 0.885. The quantitative estimate of drug-likeness (QED) is 0.806. The SMILES string of the molecule is Cc1nc(C(C)C)c(I)c(O)c1C. The Morgan fingerprint density at radius 3 is 2.31 bits per heavy atom. The van der Waals surface area contributed by atoms with Crippen LogP contribution in [0.4, 0.5) is 0 Å². The topological polar surface area (TPSA) is 33.1 Å². The molecule has 3 heteroatoms. The fourth-order valence-electron chi connectivity index (χ4n) is 1.15. The van der Waals surface area contributed by atoms with Gasteiger partial charge in [0.2, 0.25) is 0 Å². The van der Waals surface area contributed by atoms with Crippen LogP contribution in [0.1, 0.15) is 36.7 Å². The van der Waals surface area contributed by atoms with Crippen molar-refractivity contribution in [2.75, 3.05) is 0 Å². The Morgan fingerprint density at radius 2 is 1.85 bits per heavy atom. The van der Waals surface area contributed by atoms with Gasteiger partial charge in [-0.05, 0) is 42.4 Å². The van der Waals surface area contributed by atoms with Crippen molar-refractivity contribution < 1.29 is 5.11 Å².